The fourth-order valence-corrected chi connectivity index (χ4v) is 3.49. The monoisotopic (exact) mass is 397 g/mol. The molecule has 1 heterocycles. The van der Waals surface area contributed by atoms with Crippen LogP contribution in [0.2, 0.25) is 0 Å². The number of nitrogens with one attached hydrogen (secondary N) is 2. The van der Waals surface area contributed by atoms with Crippen LogP contribution >= 0.6 is 0 Å². The Hall–Kier alpha value is -3.39. The molecule has 3 aromatic rings. The van der Waals surface area contributed by atoms with Crippen molar-refractivity contribution in [1.29, 1.82) is 0 Å². The number of amides is 1. The largest absolute Gasteiger partial charge is 0.497 e. The van der Waals surface area contributed by atoms with Crippen LogP contribution in [0.25, 0.3) is 0 Å². The summed E-state index contributed by atoms with van der Waals surface area (Å²) < 4.78 is 32.5. The van der Waals surface area contributed by atoms with Gasteiger partial charge in [-0.2, -0.15) is 0 Å². The molecule has 2 aromatic carbocycles. The van der Waals surface area contributed by atoms with Crippen LogP contribution in [0.15, 0.2) is 77.8 Å². The molecule has 0 aliphatic heterocycles. The average molecular weight is 397 g/mol. The Labute approximate surface area is 163 Å². The van der Waals surface area contributed by atoms with E-state index in [9.17, 15) is 13.2 Å². The molecule has 0 atom stereocenters. The zero-order valence-corrected chi connectivity index (χ0v) is 15.9. The van der Waals surface area contributed by atoms with Crippen LogP contribution in [0.5, 0.6) is 5.75 Å². The molecule has 7 nitrogen and oxygen atoms in total. The fourth-order valence-electron chi connectivity index (χ4n) is 2.43. The topological polar surface area (TPSA) is 97.4 Å². The molecule has 0 aliphatic rings. The van der Waals surface area contributed by atoms with E-state index in [4.69, 9.17) is 4.74 Å². The lowest BCUT2D eigenvalue weighted by Gasteiger charge is -2.10. The first-order valence-electron chi connectivity index (χ1n) is 8.43. The summed E-state index contributed by atoms with van der Waals surface area (Å²) in [6.45, 7) is 0.290. The highest BCUT2D eigenvalue weighted by Crippen LogP contribution is 2.19. The van der Waals surface area contributed by atoms with E-state index in [0.29, 0.717) is 23.5 Å². The first kappa shape index (κ1) is 19.4. The van der Waals surface area contributed by atoms with Crippen LogP contribution in [0, 0.1) is 0 Å². The Kier molecular flexibility index (Phi) is 5.90. The number of carbonyl (C=O) groups excluding carboxylic acids is 1. The minimum atomic E-state index is -3.76. The van der Waals surface area contributed by atoms with E-state index in [1.54, 1.807) is 42.6 Å². The van der Waals surface area contributed by atoms with Gasteiger partial charge in [-0.05, 0) is 60.7 Å². The van der Waals surface area contributed by atoms with Crippen molar-refractivity contribution < 1.29 is 17.9 Å². The van der Waals surface area contributed by atoms with Crippen molar-refractivity contribution in [1.82, 2.24) is 10.3 Å². The van der Waals surface area contributed by atoms with E-state index in [2.05, 4.69) is 15.0 Å². The van der Waals surface area contributed by atoms with Gasteiger partial charge in [0.15, 0.2) is 0 Å². The molecular weight excluding hydrogens is 378 g/mol. The summed E-state index contributed by atoms with van der Waals surface area (Å²) >= 11 is 0. The molecule has 0 fully saturated rings. The third-order valence-corrected chi connectivity index (χ3v) is 5.32. The summed E-state index contributed by atoms with van der Waals surface area (Å²) in [5.74, 6) is 0.321. The smallest absolute Gasteiger partial charge is 0.261 e. The number of hydrogen-bond acceptors (Lipinski definition) is 5. The first-order chi connectivity index (χ1) is 13.5. The maximum Gasteiger partial charge on any atom is 0.261 e. The van der Waals surface area contributed by atoms with Crippen molar-refractivity contribution >= 4 is 21.6 Å². The Balaban J connectivity index is 1.65. The lowest BCUT2D eigenvalue weighted by molar-refractivity contribution is 0.0950. The second-order valence-electron chi connectivity index (χ2n) is 5.86. The number of anilines is 1. The number of nitrogens with zero attached hydrogens (tertiary/aromatic N) is 1. The molecule has 144 valence electrons. The van der Waals surface area contributed by atoms with Crippen molar-refractivity contribution in [3.05, 3.63) is 84.2 Å². The predicted octanol–water partition coefficient (Wildman–Crippen LogP) is 2.82. The summed E-state index contributed by atoms with van der Waals surface area (Å²) in [6.07, 6.45) is 1.65. The van der Waals surface area contributed by atoms with Crippen molar-refractivity contribution in [2.45, 2.75) is 11.4 Å². The van der Waals surface area contributed by atoms with Gasteiger partial charge in [0.05, 0.1) is 24.2 Å². The molecule has 0 saturated carbocycles. The lowest BCUT2D eigenvalue weighted by Crippen LogP contribution is -2.23. The summed E-state index contributed by atoms with van der Waals surface area (Å²) in [7, 11) is -2.23. The van der Waals surface area contributed by atoms with Gasteiger partial charge >= 0.3 is 0 Å². The van der Waals surface area contributed by atoms with Gasteiger partial charge < -0.3 is 10.1 Å². The normalized spacial score (nSPS) is 10.9. The molecular formula is C20H19N3O4S. The fraction of sp³-hybridized carbons (Fsp3) is 0.100. The molecule has 1 amide bonds. The second kappa shape index (κ2) is 8.53. The third kappa shape index (κ3) is 4.86. The van der Waals surface area contributed by atoms with E-state index >= 15 is 0 Å². The minimum Gasteiger partial charge on any atom is -0.497 e. The standard InChI is InChI=1S/C20H19N3O4S/c1-27-18-9-7-16(8-10-18)23-28(25,26)19-11-5-15(6-12-19)20(24)22-14-17-4-2-3-13-21-17/h2-13,23H,14H2,1H3,(H,22,24). The summed E-state index contributed by atoms with van der Waals surface area (Å²) in [6, 6.07) is 17.7. The van der Waals surface area contributed by atoms with E-state index in [1.165, 1.54) is 31.4 Å². The summed E-state index contributed by atoms with van der Waals surface area (Å²) in [5, 5.41) is 2.75. The molecule has 1 aromatic heterocycles. The molecule has 0 spiro atoms. The van der Waals surface area contributed by atoms with E-state index in [0.717, 1.165) is 5.69 Å². The van der Waals surface area contributed by atoms with Crippen molar-refractivity contribution in [2.24, 2.45) is 0 Å². The van der Waals surface area contributed by atoms with Crippen LogP contribution < -0.4 is 14.8 Å². The number of carbonyl (C=O) groups is 1. The summed E-state index contributed by atoms with van der Waals surface area (Å²) in [4.78, 5) is 16.4. The number of methoxy groups -OCH3 is 1. The summed E-state index contributed by atoms with van der Waals surface area (Å²) in [5.41, 5.74) is 1.51. The zero-order valence-electron chi connectivity index (χ0n) is 15.1. The van der Waals surface area contributed by atoms with Crippen LogP contribution in [0.3, 0.4) is 0 Å². The van der Waals surface area contributed by atoms with E-state index in [-0.39, 0.29) is 10.8 Å². The number of pyridine rings is 1. The molecule has 8 heteroatoms. The molecule has 0 bridgehead atoms. The van der Waals surface area contributed by atoms with Gasteiger partial charge in [0.25, 0.3) is 15.9 Å². The highest BCUT2D eigenvalue weighted by molar-refractivity contribution is 7.92. The SMILES string of the molecule is COc1ccc(NS(=O)(=O)c2ccc(C(=O)NCc3ccccn3)cc2)cc1. The van der Waals surface area contributed by atoms with Gasteiger partial charge in [0.2, 0.25) is 0 Å². The Morgan fingerprint density at radius 3 is 2.32 bits per heavy atom. The molecule has 28 heavy (non-hydrogen) atoms. The van der Waals surface area contributed by atoms with Crippen molar-refractivity contribution in [3.8, 4) is 5.75 Å². The highest BCUT2D eigenvalue weighted by Gasteiger charge is 2.15. The third-order valence-electron chi connectivity index (χ3n) is 3.93. The number of aromatic nitrogens is 1. The molecule has 0 saturated heterocycles. The van der Waals surface area contributed by atoms with Crippen molar-refractivity contribution in [2.75, 3.05) is 11.8 Å². The van der Waals surface area contributed by atoms with Gasteiger partial charge in [-0.15, -0.1) is 0 Å². The van der Waals surface area contributed by atoms with Crippen LogP contribution in [-0.4, -0.2) is 26.4 Å². The molecule has 2 N–H and O–H groups in total. The minimum absolute atomic E-state index is 0.0598. The van der Waals surface area contributed by atoms with E-state index < -0.39 is 10.0 Å². The number of sulfonamides is 1. The molecule has 0 unspecified atom stereocenters. The predicted molar refractivity (Wildman–Crippen MR) is 106 cm³/mol. The maximum atomic E-state index is 12.5. The molecule has 3 rings (SSSR count). The van der Waals surface area contributed by atoms with Gasteiger partial charge in [0, 0.05) is 17.4 Å². The second-order valence-corrected chi connectivity index (χ2v) is 7.54. The number of hydrogen-bond donors (Lipinski definition) is 2. The maximum absolute atomic E-state index is 12.5. The Morgan fingerprint density at radius 2 is 1.71 bits per heavy atom. The molecule has 0 radical (unpaired) electrons. The highest BCUT2D eigenvalue weighted by atomic mass is 32.2. The Bertz CT molecular complexity index is 1040. The zero-order chi connectivity index (χ0) is 20.0. The quantitative estimate of drug-likeness (QED) is 0.639. The van der Waals surface area contributed by atoms with Gasteiger partial charge in [-0.3, -0.25) is 14.5 Å². The molecule has 0 aliphatic carbocycles. The van der Waals surface area contributed by atoms with E-state index in [1.807, 2.05) is 6.07 Å². The van der Waals surface area contributed by atoms with Gasteiger partial charge in [-0.1, -0.05) is 6.07 Å². The van der Waals surface area contributed by atoms with Gasteiger partial charge in [-0.25, -0.2) is 8.42 Å². The van der Waals surface area contributed by atoms with Crippen LogP contribution in [0.4, 0.5) is 5.69 Å². The average Bonchev–Trinajstić information content (AvgIpc) is 2.73. The van der Waals surface area contributed by atoms with Crippen LogP contribution in [-0.2, 0) is 16.6 Å². The van der Waals surface area contributed by atoms with Crippen molar-refractivity contribution in [3.63, 3.8) is 0 Å². The van der Waals surface area contributed by atoms with Gasteiger partial charge in [0.1, 0.15) is 5.75 Å². The number of ether oxygens (including phenoxy) is 1. The number of benzene rings is 2. The van der Waals surface area contributed by atoms with Crippen LogP contribution in [0.1, 0.15) is 16.1 Å². The Morgan fingerprint density at radius 1 is 1.00 bits per heavy atom. The first-order valence-corrected chi connectivity index (χ1v) is 9.91. The lowest BCUT2D eigenvalue weighted by atomic mass is 10.2. The number of rotatable bonds is 7.